The first-order valence-corrected chi connectivity index (χ1v) is 9.04. The van der Waals surface area contributed by atoms with Crippen molar-refractivity contribution in [3.63, 3.8) is 0 Å². The molecule has 0 saturated carbocycles. The lowest BCUT2D eigenvalue weighted by molar-refractivity contribution is -0.116. The first-order chi connectivity index (χ1) is 10.4. The quantitative estimate of drug-likeness (QED) is 0.449. The largest absolute Gasteiger partial charge is 0.301 e. The van der Waals surface area contributed by atoms with Crippen LogP contribution in [0, 0.1) is 0 Å². The molecule has 0 spiro atoms. The van der Waals surface area contributed by atoms with E-state index in [0.29, 0.717) is 30.1 Å². The Bertz CT molecular complexity index is 754. The third kappa shape index (κ3) is 4.72. The van der Waals surface area contributed by atoms with Crippen LogP contribution in [0.25, 0.3) is 0 Å². The first kappa shape index (κ1) is 16.8. The molecule has 13 heteroatoms. The number of anilines is 1. The van der Waals surface area contributed by atoms with Gasteiger partial charge in [-0.2, -0.15) is 12.6 Å². The molecule has 0 radical (unpaired) electrons. The van der Waals surface area contributed by atoms with Crippen LogP contribution in [0.1, 0.15) is 18.5 Å². The molecular formula is C9H13N7O3S3. The van der Waals surface area contributed by atoms with E-state index in [0.717, 1.165) is 5.69 Å². The van der Waals surface area contributed by atoms with Gasteiger partial charge in [0.15, 0.2) is 0 Å². The molecule has 2 rings (SSSR count). The summed E-state index contributed by atoms with van der Waals surface area (Å²) >= 11 is 4.76. The van der Waals surface area contributed by atoms with Gasteiger partial charge in [0.05, 0.1) is 11.6 Å². The molecule has 120 valence electrons. The van der Waals surface area contributed by atoms with Gasteiger partial charge in [0.25, 0.3) is 10.0 Å². The van der Waals surface area contributed by atoms with Crippen LogP contribution in [-0.4, -0.2) is 39.5 Å². The van der Waals surface area contributed by atoms with Gasteiger partial charge < -0.3 is 5.32 Å². The standard InChI is InChI=1S/C9H13N7O3S3/c10-22(18,19)9-14-13-8(21-9)11-7(17)3-1-2-6-4-16(5-20)15-12-6/h4,20H,1-3,5H2,(H2,10,18,19)(H,11,13,17). The molecule has 0 aliphatic rings. The minimum Gasteiger partial charge on any atom is -0.301 e. The predicted octanol–water partition coefficient (Wildman–Crippen LogP) is -0.374. The summed E-state index contributed by atoms with van der Waals surface area (Å²) < 4.78 is 23.3. The summed E-state index contributed by atoms with van der Waals surface area (Å²) in [5.74, 6) is 0.149. The minimum absolute atomic E-state index is 0.0926. The smallest absolute Gasteiger partial charge is 0.267 e. The van der Waals surface area contributed by atoms with Crippen molar-refractivity contribution in [3.05, 3.63) is 11.9 Å². The lowest BCUT2D eigenvalue weighted by atomic mass is 10.2. The van der Waals surface area contributed by atoms with Crippen LogP contribution in [-0.2, 0) is 27.1 Å². The molecule has 0 aliphatic carbocycles. The summed E-state index contributed by atoms with van der Waals surface area (Å²) in [7, 11) is -3.90. The number of thiol groups is 1. The number of carbonyl (C=O) groups excluding carboxylic acids is 1. The Kier molecular flexibility index (Phi) is 5.44. The van der Waals surface area contributed by atoms with Gasteiger partial charge in [-0.3, -0.25) is 4.79 Å². The Morgan fingerprint density at radius 1 is 1.41 bits per heavy atom. The van der Waals surface area contributed by atoms with Crippen molar-refractivity contribution in [2.75, 3.05) is 5.32 Å². The van der Waals surface area contributed by atoms with Crippen molar-refractivity contribution in [1.82, 2.24) is 25.2 Å². The zero-order valence-corrected chi connectivity index (χ0v) is 13.7. The Morgan fingerprint density at radius 3 is 2.77 bits per heavy atom. The van der Waals surface area contributed by atoms with Gasteiger partial charge in [-0.05, 0) is 12.8 Å². The zero-order chi connectivity index (χ0) is 16.2. The van der Waals surface area contributed by atoms with Crippen molar-refractivity contribution < 1.29 is 13.2 Å². The van der Waals surface area contributed by atoms with E-state index in [1.54, 1.807) is 10.9 Å². The van der Waals surface area contributed by atoms with Crippen molar-refractivity contribution >= 4 is 45.0 Å². The van der Waals surface area contributed by atoms with Gasteiger partial charge in [0.1, 0.15) is 0 Å². The fourth-order valence-corrected chi connectivity index (χ4v) is 3.00. The van der Waals surface area contributed by atoms with Gasteiger partial charge in [-0.1, -0.05) is 16.6 Å². The fraction of sp³-hybridized carbons (Fsp3) is 0.444. The third-order valence-corrected chi connectivity index (χ3v) is 4.90. The molecule has 3 N–H and O–H groups in total. The molecule has 0 atom stereocenters. The molecule has 22 heavy (non-hydrogen) atoms. The molecule has 0 unspecified atom stereocenters. The number of rotatable bonds is 7. The van der Waals surface area contributed by atoms with E-state index in [-0.39, 0.29) is 21.8 Å². The molecule has 0 aromatic carbocycles. The van der Waals surface area contributed by atoms with E-state index in [1.807, 2.05) is 0 Å². The molecular weight excluding hydrogens is 350 g/mol. The van der Waals surface area contributed by atoms with E-state index in [4.69, 9.17) is 5.14 Å². The SMILES string of the molecule is NS(=O)(=O)c1nnc(NC(=O)CCCc2cn(CS)nn2)s1. The molecule has 2 heterocycles. The van der Waals surface area contributed by atoms with Crippen LogP contribution in [0.4, 0.5) is 5.13 Å². The maximum Gasteiger partial charge on any atom is 0.267 e. The molecule has 1 amide bonds. The summed E-state index contributed by atoms with van der Waals surface area (Å²) in [6.07, 6.45) is 3.16. The number of nitrogens with one attached hydrogen (secondary N) is 1. The Balaban J connectivity index is 1.79. The number of nitrogens with zero attached hydrogens (tertiary/aromatic N) is 5. The minimum atomic E-state index is -3.90. The summed E-state index contributed by atoms with van der Waals surface area (Å²) in [4.78, 5) is 11.7. The lowest BCUT2D eigenvalue weighted by Gasteiger charge is -1.99. The van der Waals surface area contributed by atoms with Gasteiger partial charge in [0, 0.05) is 12.6 Å². The summed E-state index contributed by atoms with van der Waals surface area (Å²) in [5, 5.41) is 22.2. The van der Waals surface area contributed by atoms with Crippen LogP contribution >= 0.6 is 24.0 Å². The summed E-state index contributed by atoms with van der Waals surface area (Å²) in [6, 6.07) is 0. The number of carbonyl (C=O) groups is 1. The normalized spacial score (nSPS) is 11.5. The predicted molar refractivity (Wildman–Crippen MR) is 81.9 cm³/mol. The van der Waals surface area contributed by atoms with Crippen LogP contribution < -0.4 is 10.5 Å². The van der Waals surface area contributed by atoms with Crippen molar-refractivity contribution in [1.29, 1.82) is 0 Å². The van der Waals surface area contributed by atoms with E-state index in [2.05, 4.69) is 38.5 Å². The highest BCUT2D eigenvalue weighted by molar-refractivity contribution is 7.91. The summed E-state index contributed by atoms with van der Waals surface area (Å²) in [5.41, 5.74) is 0.772. The average molecular weight is 363 g/mol. The van der Waals surface area contributed by atoms with Crippen molar-refractivity contribution in [2.45, 2.75) is 29.5 Å². The fourth-order valence-electron chi connectivity index (χ4n) is 1.51. The zero-order valence-electron chi connectivity index (χ0n) is 11.2. The van der Waals surface area contributed by atoms with Crippen LogP contribution in [0.2, 0.25) is 0 Å². The first-order valence-electron chi connectivity index (χ1n) is 6.04. The Morgan fingerprint density at radius 2 is 2.18 bits per heavy atom. The van der Waals surface area contributed by atoms with Crippen molar-refractivity contribution in [3.8, 4) is 0 Å². The van der Waals surface area contributed by atoms with Gasteiger partial charge in [-0.15, -0.1) is 15.3 Å². The number of amides is 1. The molecule has 2 aromatic rings. The Hall–Kier alpha value is -1.57. The lowest BCUT2D eigenvalue weighted by Crippen LogP contribution is -2.11. The maximum atomic E-state index is 11.7. The monoisotopic (exact) mass is 363 g/mol. The van der Waals surface area contributed by atoms with Crippen LogP contribution in [0.15, 0.2) is 10.5 Å². The molecule has 2 aromatic heterocycles. The second kappa shape index (κ2) is 7.13. The number of aryl methyl sites for hydroxylation is 1. The number of aromatic nitrogens is 5. The second-order valence-corrected chi connectivity index (χ2v) is 7.21. The van der Waals surface area contributed by atoms with Crippen LogP contribution in [0.5, 0.6) is 0 Å². The average Bonchev–Trinajstić information content (AvgIpc) is 3.07. The van der Waals surface area contributed by atoms with E-state index in [1.165, 1.54) is 0 Å². The van der Waals surface area contributed by atoms with Gasteiger partial charge >= 0.3 is 0 Å². The molecule has 0 saturated heterocycles. The molecule has 0 bridgehead atoms. The molecule has 0 fully saturated rings. The van der Waals surface area contributed by atoms with E-state index >= 15 is 0 Å². The van der Waals surface area contributed by atoms with Gasteiger partial charge in [0.2, 0.25) is 15.4 Å². The Labute approximate surface area is 135 Å². The topological polar surface area (TPSA) is 146 Å². The number of nitrogens with two attached hydrogens (primary N) is 1. The summed E-state index contributed by atoms with van der Waals surface area (Å²) in [6.45, 7) is 0. The maximum absolute atomic E-state index is 11.7. The van der Waals surface area contributed by atoms with Crippen molar-refractivity contribution in [2.24, 2.45) is 5.14 Å². The number of sulfonamides is 1. The highest BCUT2D eigenvalue weighted by Gasteiger charge is 2.16. The highest BCUT2D eigenvalue weighted by atomic mass is 32.2. The second-order valence-electron chi connectivity index (χ2n) is 4.21. The highest BCUT2D eigenvalue weighted by Crippen LogP contribution is 2.18. The number of primary sulfonamides is 1. The number of hydrogen-bond donors (Lipinski definition) is 3. The van der Waals surface area contributed by atoms with Crippen LogP contribution in [0.3, 0.4) is 0 Å². The van der Waals surface area contributed by atoms with E-state index in [9.17, 15) is 13.2 Å². The molecule has 10 nitrogen and oxygen atoms in total. The van der Waals surface area contributed by atoms with E-state index < -0.39 is 10.0 Å². The molecule has 0 aliphatic heterocycles. The third-order valence-electron chi connectivity index (χ3n) is 2.46. The van der Waals surface area contributed by atoms with Gasteiger partial charge in [-0.25, -0.2) is 18.2 Å². The number of hydrogen-bond acceptors (Lipinski definition) is 9.